The molecule has 7 nitrogen and oxygen atoms in total. The Kier molecular flexibility index (Phi) is 3.83. The number of hydrogen-bond donors (Lipinski definition) is 2. The van der Waals surface area contributed by atoms with Gasteiger partial charge in [0.25, 0.3) is 0 Å². The number of carboxylic acid groups (broad SMARTS) is 1. The fourth-order valence-corrected chi connectivity index (χ4v) is 3.47. The van der Waals surface area contributed by atoms with Gasteiger partial charge in [0, 0.05) is 12.7 Å². The maximum atomic E-state index is 12.1. The van der Waals surface area contributed by atoms with E-state index in [0.717, 1.165) is 5.56 Å². The molecule has 0 saturated carbocycles. The Labute approximate surface area is 111 Å². The molecular weight excluding hydrogens is 270 g/mol. The second kappa shape index (κ2) is 5.24. The molecule has 0 aromatic carbocycles. The highest BCUT2D eigenvalue weighted by atomic mass is 32.2. The molecule has 0 radical (unpaired) electrons. The highest BCUT2D eigenvalue weighted by Crippen LogP contribution is 2.19. The van der Waals surface area contributed by atoms with Crippen molar-refractivity contribution in [3.05, 3.63) is 29.6 Å². The minimum Gasteiger partial charge on any atom is -0.480 e. The van der Waals surface area contributed by atoms with E-state index in [9.17, 15) is 13.2 Å². The van der Waals surface area contributed by atoms with Crippen LogP contribution in [0.15, 0.2) is 18.3 Å². The van der Waals surface area contributed by atoms with Crippen molar-refractivity contribution in [3.8, 4) is 0 Å². The number of carboxylic acids is 1. The summed E-state index contributed by atoms with van der Waals surface area (Å²) in [6.07, 6.45) is 2.18. The summed E-state index contributed by atoms with van der Waals surface area (Å²) in [5.74, 6) is -1.91. The van der Waals surface area contributed by atoms with Crippen molar-refractivity contribution in [2.45, 2.75) is 19.0 Å². The minimum absolute atomic E-state index is 0.171. The Morgan fingerprint density at radius 1 is 1.58 bits per heavy atom. The number of rotatable bonds is 4. The van der Waals surface area contributed by atoms with Crippen molar-refractivity contribution < 1.29 is 18.3 Å². The van der Waals surface area contributed by atoms with Gasteiger partial charge >= 0.3 is 5.97 Å². The second-order valence-corrected chi connectivity index (χ2v) is 6.43. The number of pyridine rings is 1. The Morgan fingerprint density at radius 3 is 3.00 bits per heavy atom. The molecule has 2 heterocycles. The number of nitrogens with zero attached hydrogens (tertiary/aromatic N) is 2. The van der Waals surface area contributed by atoms with Crippen molar-refractivity contribution in [3.63, 3.8) is 0 Å². The Balaban J connectivity index is 2.14. The molecule has 104 valence electrons. The second-order valence-electron chi connectivity index (χ2n) is 4.42. The van der Waals surface area contributed by atoms with Crippen molar-refractivity contribution in [2.75, 3.05) is 12.3 Å². The average molecular weight is 285 g/mol. The molecule has 1 aliphatic rings. The average Bonchev–Trinajstić information content (AvgIpc) is 2.37. The van der Waals surface area contributed by atoms with Gasteiger partial charge in [0.1, 0.15) is 6.04 Å². The van der Waals surface area contributed by atoms with Crippen LogP contribution < -0.4 is 5.73 Å². The molecule has 1 aliphatic heterocycles. The fourth-order valence-electron chi connectivity index (χ4n) is 1.97. The summed E-state index contributed by atoms with van der Waals surface area (Å²) >= 11 is 0. The Morgan fingerprint density at radius 2 is 2.32 bits per heavy atom. The van der Waals surface area contributed by atoms with Crippen molar-refractivity contribution in [1.29, 1.82) is 0 Å². The van der Waals surface area contributed by atoms with Crippen LogP contribution in [0.1, 0.15) is 11.3 Å². The van der Waals surface area contributed by atoms with Crippen LogP contribution in [0.2, 0.25) is 0 Å². The summed E-state index contributed by atoms with van der Waals surface area (Å²) in [5.41, 5.74) is 7.02. The van der Waals surface area contributed by atoms with Crippen LogP contribution in [0.3, 0.4) is 0 Å². The first-order valence-corrected chi connectivity index (χ1v) is 7.40. The lowest BCUT2D eigenvalue weighted by atomic mass is 10.1. The van der Waals surface area contributed by atoms with E-state index >= 15 is 0 Å². The predicted octanol–water partition coefficient (Wildman–Crippen LogP) is -0.819. The molecule has 2 rings (SSSR count). The van der Waals surface area contributed by atoms with Crippen LogP contribution in [0.5, 0.6) is 0 Å². The van der Waals surface area contributed by atoms with E-state index in [1.807, 2.05) is 12.1 Å². The zero-order chi connectivity index (χ0) is 14.0. The molecule has 0 spiro atoms. The van der Waals surface area contributed by atoms with Gasteiger partial charge in [-0.25, -0.2) is 8.42 Å². The number of carbonyl (C=O) groups is 1. The molecule has 1 aromatic heterocycles. The molecule has 0 aliphatic carbocycles. The molecule has 3 N–H and O–H groups in total. The number of hydrogen-bond acceptors (Lipinski definition) is 5. The number of fused-ring (bicyclic) bond motifs is 1. The Hall–Kier alpha value is -1.51. The van der Waals surface area contributed by atoms with Crippen LogP contribution >= 0.6 is 0 Å². The monoisotopic (exact) mass is 285 g/mol. The summed E-state index contributed by atoms with van der Waals surface area (Å²) in [5, 5.41) is 8.68. The summed E-state index contributed by atoms with van der Waals surface area (Å²) in [6, 6.07) is 2.31. The van der Waals surface area contributed by atoms with E-state index in [2.05, 4.69) is 4.98 Å². The Bertz CT molecular complexity index is 587. The van der Waals surface area contributed by atoms with Crippen LogP contribution in [0.4, 0.5) is 0 Å². The third-order valence-electron chi connectivity index (χ3n) is 3.04. The van der Waals surface area contributed by atoms with Gasteiger partial charge in [0.05, 0.1) is 18.0 Å². The summed E-state index contributed by atoms with van der Waals surface area (Å²) in [6.45, 7) is 0.498. The molecule has 0 fully saturated rings. The van der Waals surface area contributed by atoms with Gasteiger partial charge in [0.15, 0.2) is 0 Å². The van der Waals surface area contributed by atoms with Crippen LogP contribution in [0, 0.1) is 0 Å². The first-order valence-electron chi connectivity index (χ1n) is 5.79. The smallest absolute Gasteiger partial charge is 0.321 e. The lowest BCUT2D eigenvalue weighted by molar-refractivity contribution is -0.137. The number of sulfonamides is 1. The lowest BCUT2D eigenvalue weighted by Gasteiger charge is -2.27. The van der Waals surface area contributed by atoms with Gasteiger partial charge in [-0.1, -0.05) is 6.07 Å². The van der Waals surface area contributed by atoms with Crippen molar-refractivity contribution in [1.82, 2.24) is 9.29 Å². The first kappa shape index (κ1) is 13.9. The topological polar surface area (TPSA) is 114 Å². The van der Waals surface area contributed by atoms with Gasteiger partial charge in [-0.3, -0.25) is 9.78 Å². The number of nitrogens with two attached hydrogens (primary N) is 1. The van der Waals surface area contributed by atoms with Crippen molar-refractivity contribution >= 4 is 16.0 Å². The van der Waals surface area contributed by atoms with Crippen LogP contribution in [-0.2, 0) is 27.8 Å². The van der Waals surface area contributed by atoms with Gasteiger partial charge in [-0.15, -0.1) is 0 Å². The van der Waals surface area contributed by atoms with E-state index in [-0.39, 0.29) is 6.54 Å². The number of aliphatic carboxylic acids is 1. The zero-order valence-electron chi connectivity index (χ0n) is 10.2. The molecule has 8 heteroatoms. The van der Waals surface area contributed by atoms with Crippen LogP contribution in [-0.4, -0.2) is 47.1 Å². The molecule has 0 saturated heterocycles. The van der Waals surface area contributed by atoms with Gasteiger partial charge in [-0.2, -0.15) is 4.31 Å². The largest absolute Gasteiger partial charge is 0.480 e. The van der Waals surface area contributed by atoms with Crippen LogP contribution in [0.25, 0.3) is 0 Å². The highest BCUT2D eigenvalue weighted by molar-refractivity contribution is 7.89. The van der Waals surface area contributed by atoms with E-state index in [1.54, 1.807) is 6.20 Å². The zero-order valence-corrected chi connectivity index (χ0v) is 11.0. The lowest BCUT2D eigenvalue weighted by Crippen LogP contribution is -2.45. The molecule has 0 bridgehead atoms. The molecule has 0 amide bonds. The standard InChI is InChI=1S/C11H15N3O4S/c12-9(11(15)16)7-19(17,18)14-5-3-8-2-1-4-13-10(8)6-14/h1-2,4,9H,3,5-7,12H2,(H,15,16). The SMILES string of the molecule is NC(CS(=O)(=O)N1CCc2cccnc2C1)C(=O)O. The molecule has 1 unspecified atom stereocenters. The molecule has 19 heavy (non-hydrogen) atoms. The van der Waals surface area contributed by atoms with Gasteiger partial charge in [0.2, 0.25) is 10.0 Å². The third kappa shape index (κ3) is 3.09. The minimum atomic E-state index is -3.68. The maximum Gasteiger partial charge on any atom is 0.321 e. The number of aromatic nitrogens is 1. The normalized spacial score (nSPS) is 17.7. The summed E-state index contributed by atoms with van der Waals surface area (Å²) < 4.78 is 25.4. The van der Waals surface area contributed by atoms with E-state index in [0.29, 0.717) is 18.7 Å². The molecular formula is C11H15N3O4S. The molecule has 1 aromatic rings. The van der Waals surface area contributed by atoms with E-state index in [1.165, 1.54) is 4.31 Å². The van der Waals surface area contributed by atoms with Gasteiger partial charge in [-0.05, 0) is 18.1 Å². The van der Waals surface area contributed by atoms with Crippen molar-refractivity contribution in [2.24, 2.45) is 5.73 Å². The fraction of sp³-hybridized carbons (Fsp3) is 0.455. The first-order chi connectivity index (χ1) is 8.90. The summed E-state index contributed by atoms with van der Waals surface area (Å²) in [4.78, 5) is 14.8. The third-order valence-corrected chi connectivity index (χ3v) is 4.92. The molecule has 1 atom stereocenters. The quantitative estimate of drug-likeness (QED) is 0.747. The highest BCUT2D eigenvalue weighted by Gasteiger charge is 2.30. The predicted molar refractivity (Wildman–Crippen MR) is 67.7 cm³/mol. The summed E-state index contributed by atoms with van der Waals surface area (Å²) in [7, 11) is -3.68. The van der Waals surface area contributed by atoms with E-state index in [4.69, 9.17) is 10.8 Å². The van der Waals surface area contributed by atoms with E-state index < -0.39 is 27.8 Å². The van der Waals surface area contributed by atoms with Gasteiger partial charge < -0.3 is 10.8 Å². The maximum absolute atomic E-state index is 12.1.